The van der Waals surface area contributed by atoms with Crippen LogP contribution in [0.15, 0.2) is 110 Å². The third-order valence-electron chi connectivity index (χ3n) is 44.0. The van der Waals surface area contributed by atoms with Gasteiger partial charge in [-0.25, -0.2) is 19.2 Å². The summed E-state index contributed by atoms with van der Waals surface area (Å²) in [6.45, 7) is 28.5. The van der Waals surface area contributed by atoms with Crippen LogP contribution < -0.4 is 51.2 Å². The molecule has 16 aliphatic carbocycles. The van der Waals surface area contributed by atoms with Crippen molar-refractivity contribution in [2.45, 2.75) is 429 Å². The molecule has 16 aliphatic rings. The number of aliphatic hydroxyl groups is 4. The minimum Gasteiger partial charge on any atom is -0.461 e. The topological polar surface area (TPSA) is 454 Å². The molecule has 16 fully saturated rings. The molecule has 36 atom stereocenters. The van der Waals surface area contributed by atoms with Gasteiger partial charge in [0.2, 0.25) is 5.91 Å². The molecule has 0 spiro atoms. The van der Waals surface area contributed by atoms with Crippen LogP contribution in [0.5, 0.6) is 0 Å². The Hall–Kier alpha value is -7.17. The van der Waals surface area contributed by atoms with Gasteiger partial charge in [0.05, 0.1) is 53.9 Å². The highest BCUT2D eigenvalue weighted by molar-refractivity contribution is 5.84. The van der Waals surface area contributed by atoms with Crippen LogP contribution in [0.3, 0.4) is 0 Å². The number of ether oxygens (including phenoxy) is 4. The molecular formula is C114H167N5O21. The number of hydrogen-bond donors (Lipinski definition) is 9. The maximum absolute atomic E-state index is 12.6. The van der Waals surface area contributed by atoms with Crippen LogP contribution in [0.25, 0.3) is 0 Å². The van der Waals surface area contributed by atoms with Gasteiger partial charge >= 0.3 is 46.4 Å². The van der Waals surface area contributed by atoms with Gasteiger partial charge < -0.3 is 85.7 Å². The van der Waals surface area contributed by atoms with Crippen LogP contribution in [0.2, 0.25) is 0 Å². The van der Waals surface area contributed by atoms with Crippen molar-refractivity contribution in [2.24, 2.45) is 155 Å². The number of carbonyl (C=O) groups is 5. The Morgan fingerprint density at radius 1 is 0.329 bits per heavy atom. The predicted molar refractivity (Wildman–Crippen MR) is 529 cm³/mol. The Labute approximate surface area is 827 Å². The maximum atomic E-state index is 12.6. The Balaban J connectivity index is 0.000000129. The van der Waals surface area contributed by atoms with Crippen LogP contribution in [-0.2, 0) is 42.9 Å². The molecule has 16 saturated carbocycles. The molecule has 4 aromatic heterocycles. The van der Waals surface area contributed by atoms with E-state index < -0.39 is 58.4 Å². The summed E-state index contributed by atoms with van der Waals surface area (Å²) in [7, 11) is 0. The summed E-state index contributed by atoms with van der Waals surface area (Å²) in [5.74, 6) is 4.27. The third-order valence-corrected chi connectivity index (χ3v) is 44.0. The molecule has 0 saturated heterocycles. The minimum absolute atomic E-state index is 0.0290. The van der Waals surface area contributed by atoms with E-state index in [0.717, 1.165) is 253 Å². The third kappa shape index (κ3) is 18.1. The van der Waals surface area contributed by atoms with Crippen LogP contribution in [-0.4, -0.2) is 121 Å². The normalized spacial score (nSPS) is 43.6. The highest BCUT2D eigenvalue weighted by Crippen LogP contribution is 2.77. The van der Waals surface area contributed by atoms with Crippen molar-refractivity contribution < 1.29 is 81.0 Å². The molecule has 0 aromatic carbocycles. The van der Waals surface area contributed by atoms with E-state index in [1.165, 1.54) is 24.3 Å². The van der Waals surface area contributed by atoms with Crippen LogP contribution in [0.4, 0.5) is 0 Å². The fraction of sp³-hybridized carbons (Fsp3) is 0.781. The Bertz CT molecular complexity index is 5340. The van der Waals surface area contributed by atoms with E-state index in [0.29, 0.717) is 65.6 Å². The van der Waals surface area contributed by atoms with Crippen molar-refractivity contribution in [3.8, 4) is 0 Å². The van der Waals surface area contributed by atoms with Crippen molar-refractivity contribution in [1.29, 1.82) is 0 Å². The van der Waals surface area contributed by atoms with Gasteiger partial charge in [-0.05, 0) is 419 Å². The Morgan fingerprint density at radius 3 is 0.821 bits per heavy atom. The number of esters is 4. The van der Waals surface area contributed by atoms with Gasteiger partial charge in [0.1, 0.15) is 48.6 Å². The fourth-order valence-corrected chi connectivity index (χ4v) is 35.8. The molecule has 26 heteroatoms. The lowest BCUT2D eigenvalue weighted by Gasteiger charge is -2.63. The molecule has 14 N–H and O–H groups in total. The second-order valence-corrected chi connectivity index (χ2v) is 50.8. The monoisotopic (exact) mass is 1940 g/mol. The van der Waals surface area contributed by atoms with Crippen LogP contribution >= 0.6 is 0 Å². The highest BCUT2D eigenvalue weighted by atomic mass is 16.6. The first-order valence-corrected chi connectivity index (χ1v) is 54.4. The van der Waals surface area contributed by atoms with Crippen molar-refractivity contribution in [3.05, 3.63) is 138 Å². The van der Waals surface area contributed by atoms with Gasteiger partial charge in [0, 0.05) is 45.9 Å². The second-order valence-electron chi connectivity index (χ2n) is 50.8. The lowest BCUT2D eigenvalue weighted by molar-refractivity contribution is -0.208. The molecule has 4 heterocycles. The Morgan fingerprint density at radius 2 is 0.586 bits per heavy atom. The number of rotatable bonds is 17. The molecule has 1 amide bonds. The van der Waals surface area contributed by atoms with Gasteiger partial charge in [-0.15, -0.1) is 0 Å². The number of fused-ring (bicyclic) bond motifs is 20. The van der Waals surface area contributed by atoms with Gasteiger partial charge in [0.15, 0.2) is 0 Å². The zero-order valence-electron chi connectivity index (χ0n) is 85.9. The van der Waals surface area contributed by atoms with Gasteiger partial charge in [-0.1, -0.05) is 83.1 Å². The highest BCUT2D eigenvalue weighted by Gasteiger charge is 2.73. The van der Waals surface area contributed by atoms with E-state index in [-0.39, 0.29) is 162 Å². The lowest BCUT2D eigenvalue weighted by Crippen LogP contribution is -2.62. The summed E-state index contributed by atoms with van der Waals surface area (Å²) in [5.41, 5.74) is 28.5. The molecule has 4 aromatic rings. The minimum atomic E-state index is -1.01. The number of primary amides is 1. The van der Waals surface area contributed by atoms with Gasteiger partial charge in [-0.2, -0.15) is 0 Å². The smallest absolute Gasteiger partial charge is 0.335 e. The van der Waals surface area contributed by atoms with Crippen molar-refractivity contribution in [2.75, 3.05) is 0 Å². The first-order valence-electron chi connectivity index (χ1n) is 54.4. The fourth-order valence-electron chi connectivity index (χ4n) is 35.8. The molecule has 0 radical (unpaired) electrons. The Kier molecular flexibility index (Phi) is 29.2. The average Bonchev–Trinajstić information content (AvgIpc) is 1.51. The van der Waals surface area contributed by atoms with Crippen molar-refractivity contribution >= 4 is 29.8 Å². The molecular weight excluding hydrogens is 1780 g/mol. The number of carbonyl (C=O) groups excluding carboxylic acids is 5. The van der Waals surface area contributed by atoms with E-state index in [9.17, 15) is 63.6 Å². The molecule has 20 rings (SSSR count). The van der Waals surface area contributed by atoms with E-state index in [2.05, 4.69) is 69.2 Å². The zero-order chi connectivity index (χ0) is 101. The average molecular weight is 1940 g/mol. The molecule has 774 valence electrons. The number of amides is 1. The van der Waals surface area contributed by atoms with Crippen molar-refractivity contribution in [1.82, 2.24) is 0 Å². The second kappa shape index (κ2) is 39.2. The molecule has 4 unspecified atom stereocenters. The van der Waals surface area contributed by atoms with Crippen LogP contribution in [0, 0.1) is 126 Å². The van der Waals surface area contributed by atoms with E-state index in [1.54, 1.807) is 32.0 Å². The SMILES string of the molecule is CC(C)C(N)C(=O)O[C@H]1CC[C@@]2(C)[C@H](CC[C@@H]3[C@@H]2CC[C@]2(C)[C@@H](c4ccc(=O)oc4)CC[C@]32O)C1.CC(C)CC(N)C(=O)O[C@H]1CC[C@@]2(C)[C@H](CC[C@@H]3[C@@H]2CC[C@]2(C)[C@@H](c4ccc(=O)oc4)CC[C@]32O)C1.CC(N)C(=O)O[C@H]1CC[C@@]2(C)[C@H](CC[C@@H]3[C@@H]2CC[C@]2(C)[C@@H](c4ccc(=O)oc4)CC[C@]32O)C1.C[C@]12CC[C@H](OC(=O)C(N)CC(N)=O)C[C@H]1CC[C@@H]1[C@@H]2CC[C@]2(C)[C@@H](c3ccc(=O)oc3)CC[C@]12O. The first kappa shape index (κ1) is 104. The van der Waals surface area contributed by atoms with Crippen molar-refractivity contribution in [3.63, 3.8) is 0 Å². The molecule has 0 aliphatic heterocycles. The quantitative estimate of drug-likeness (QED) is 0.0350. The molecule has 140 heavy (non-hydrogen) atoms. The van der Waals surface area contributed by atoms with Gasteiger partial charge in [0.25, 0.3) is 0 Å². The largest absolute Gasteiger partial charge is 0.461 e. The predicted octanol–water partition coefficient (Wildman–Crippen LogP) is 17.1. The maximum Gasteiger partial charge on any atom is 0.335 e. The summed E-state index contributed by atoms with van der Waals surface area (Å²) in [6.07, 6.45) is 41.1. The molecule has 0 bridgehead atoms. The first-order chi connectivity index (χ1) is 66.0. The van der Waals surface area contributed by atoms with E-state index >= 15 is 0 Å². The summed E-state index contributed by atoms with van der Waals surface area (Å²) in [6, 6.07) is 10.9. The van der Waals surface area contributed by atoms with E-state index in [1.807, 2.05) is 38.1 Å². The zero-order valence-corrected chi connectivity index (χ0v) is 85.9. The lowest BCUT2D eigenvalue weighted by atomic mass is 9.43. The molecule has 26 nitrogen and oxygen atoms in total. The van der Waals surface area contributed by atoms with Crippen LogP contribution in [0.1, 0.15) is 380 Å². The summed E-state index contributed by atoms with van der Waals surface area (Å²) in [4.78, 5) is 107. The summed E-state index contributed by atoms with van der Waals surface area (Å²) < 4.78 is 44.0. The number of nitrogens with two attached hydrogens (primary N) is 5. The summed E-state index contributed by atoms with van der Waals surface area (Å²) in [5, 5.41) is 49.4. The number of hydrogen-bond acceptors (Lipinski definition) is 25. The summed E-state index contributed by atoms with van der Waals surface area (Å²) >= 11 is 0. The van der Waals surface area contributed by atoms with Gasteiger partial charge in [-0.3, -0.25) is 24.0 Å². The van der Waals surface area contributed by atoms with E-state index in [4.69, 9.17) is 65.3 Å². The standard InChI is InChI=1S/C30H45NO5.C29H43NO5.C28H40N2O6.C27H39NO5/c1-18(2)15-25(31)27(33)36-21-9-12-28(3)20(16-21)6-7-24-23(28)10-13-29(4)22(11-14-30(24,29)34)19-5-8-26(32)35-17-19;1-17(2)25(30)26(32)35-20-9-12-27(3)19(15-20)6-7-23-22(27)10-13-28(4)21(11-14-29(23,28)33)18-5-8-24(31)34-16-18;1-26-10-7-18(36-25(33)22(29)14-23(30)31)13-17(26)4-5-21-20(26)8-11-27(2)19(9-12-28(21,27)34)16-3-6-24(32)35-15-16;1-16(28)24(30)33-19-8-11-25(2)18(14-19)5-6-22-21(25)9-12-26(3)20(10-13-27(22,26)31)17-4-7-23(29)32-15-17/h5,8,17-18,20-25,34H,6-7,9-16,31H2,1-4H3;5,8,16-17,19-23,25,33H,6-7,9-15,30H2,1-4H3;3,6,15,17-22,34H,4-5,7-14,29H2,1-2H3,(H2,30,31);4,7,15-16,18-22,31H,5-6,8-14,28H2,1-3H3/t20-,21+,22-,23+,24-,25?,28+,29-,30+;19-,20+,21-,22+,23-,25?,27+,28-,29+;17-,18+,19-,20+,21-,22?,26+,27-,28+;16?,18-,19+,20-,21+,22-,25+,26-,27+/m1111/s1.